The number of hydrogen-bond acceptors (Lipinski definition) is 4. The highest BCUT2D eigenvalue weighted by Gasteiger charge is 2.56. The number of amides is 1. The molecule has 1 heterocycles. The summed E-state index contributed by atoms with van der Waals surface area (Å²) in [5, 5.41) is 0. The summed E-state index contributed by atoms with van der Waals surface area (Å²) in [6.07, 6.45) is 2.48. The summed E-state index contributed by atoms with van der Waals surface area (Å²) in [5.41, 5.74) is -0.399. The Bertz CT molecular complexity index is 381. The molecule has 2 aliphatic rings. The van der Waals surface area contributed by atoms with Crippen LogP contribution in [-0.4, -0.2) is 41.8 Å². The third-order valence-electron chi connectivity index (χ3n) is 3.65. The van der Waals surface area contributed by atoms with Crippen molar-refractivity contribution in [2.24, 2.45) is 5.41 Å². The molecule has 5 nitrogen and oxygen atoms in total. The van der Waals surface area contributed by atoms with Gasteiger partial charge in [0, 0.05) is 6.54 Å². The van der Waals surface area contributed by atoms with Crippen LogP contribution in [0.15, 0.2) is 0 Å². The Morgan fingerprint density at radius 3 is 2.42 bits per heavy atom. The molecule has 1 saturated heterocycles. The maximum Gasteiger partial charge on any atom is 0.411 e. The average Bonchev–Trinajstić information content (AvgIpc) is 2.87. The summed E-state index contributed by atoms with van der Waals surface area (Å²) in [4.78, 5) is 25.7. The van der Waals surface area contributed by atoms with E-state index in [2.05, 4.69) is 0 Å². The van der Waals surface area contributed by atoms with Gasteiger partial charge in [-0.25, -0.2) is 9.59 Å². The van der Waals surface area contributed by atoms with Crippen molar-refractivity contribution < 1.29 is 19.1 Å². The van der Waals surface area contributed by atoms with Gasteiger partial charge in [0.1, 0.15) is 11.6 Å². The Balaban J connectivity index is 2.07. The maximum absolute atomic E-state index is 12.2. The summed E-state index contributed by atoms with van der Waals surface area (Å²) in [5.74, 6) is -0.308. The molecule has 0 aromatic rings. The summed E-state index contributed by atoms with van der Waals surface area (Å²) >= 11 is 0. The van der Waals surface area contributed by atoms with E-state index in [4.69, 9.17) is 9.47 Å². The van der Waals surface area contributed by atoms with Crippen molar-refractivity contribution in [3.8, 4) is 0 Å². The van der Waals surface area contributed by atoms with Gasteiger partial charge in [0.2, 0.25) is 0 Å². The molecule has 0 bridgehead atoms. The van der Waals surface area contributed by atoms with Crippen LogP contribution in [0.4, 0.5) is 4.79 Å². The summed E-state index contributed by atoms with van der Waals surface area (Å²) < 4.78 is 10.4. The highest BCUT2D eigenvalue weighted by Crippen LogP contribution is 2.55. The number of carbonyl (C=O) groups is 2. The van der Waals surface area contributed by atoms with Crippen LogP contribution in [0.2, 0.25) is 0 Å². The van der Waals surface area contributed by atoms with E-state index in [0.29, 0.717) is 19.6 Å². The van der Waals surface area contributed by atoms with Gasteiger partial charge in [-0.2, -0.15) is 0 Å². The Morgan fingerprint density at radius 2 is 1.95 bits per heavy atom. The third-order valence-corrected chi connectivity index (χ3v) is 3.65. The molecule has 0 aromatic carbocycles. The highest BCUT2D eigenvalue weighted by molar-refractivity contribution is 5.82. The van der Waals surface area contributed by atoms with Crippen molar-refractivity contribution in [3.05, 3.63) is 0 Å². The van der Waals surface area contributed by atoms with Crippen molar-refractivity contribution in [1.29, 1.82) is 0 Å². The van der Waals surface area contributed by atoms with Crippen LogP contribution in [0.1, 0.15) is 47.0 Å². The van der Waals surface area contributed by atoms with Crippen LogP contribution in [0.25, 0.3) is 0 Å². The van der Waals surface area contributed by atoms with E-state index in [1.165, 1.54) is 0 Å². The number of ether oxygens (including phenoxy) is 2. The molecule has 0 radical (unpaired) electrons. The molecule has 0 aromatic heterocycles. The SMILES string of the molecule is CCOC(=O)[C@H]1CC2(CC2)CN1C(=O)OC(C)(C)C. The molecular weight excluding hydrogens is 246 g/mol. The van der Waals surface area contributed by atoms with Crippen LogP contribution in [0.5, 0.6) is 0 Å². The Labute approximate surface area is 114 Å². The molecule has 1 spiro atoms. The van der Waals surface area contributed by atoms with E-state index in [1.54, 1.807) is 11.8 Å². The van der Waals surface area contributed by atoms with Crippen molar-refractivity contribution in [3.63, 3.8) is 0 Å². The van der Waals surface area contributed by atoms with Crippen molar-refractivity contribution in [2.45, 2.75) is 58.6 Å². The van der Waals surface area contributed by atoms with E-state index in [9.17, 15) is 9.59 Å². The quantitative estimate of drug-likeness (QED) is 0.722. The minimum Gasteiger partial charge on any atom is -0.464 e. The topological polar surface area (TPSA) is 55.8 Å². The second-order valence-corrected chi connectivity index (χ2v) is 6.58. The number of hydrogen-bond donors (Lipinski definition) is 0. The van der Waals surface area contributed by atoms with Gasteiger partial charge in [-0.3, -0.25) is 4.90 Å². The van der Waals surface area contributed by atoms with Gasteiger partial charge in [0.05, 0.1) is 6.61 Å². The smallest absolute Gasteiger partial charge is 0.411 e. The predicted octanol–water partition coefficient (Wildman–Crippen LogP) is 2.34. The third kappa shape index (κ3) is 3.19. The number of esters is 1. The molecule has 0 N–H and O–H groups in total. The molecule has 1 saturated carbocycles. The summed E-state index contributed by atoms with van der Waals surface area (Å²) in [6, 6.07) is -0.475. The largest absolute Gasteiger partial charge is 0.464 e. The number of rotatable bonds is 2. The molecule has 2 rings (SSSR count). The van der Waals surface area contributed by atoms with Crippen LogP contribution in [0.3, 0.4) is 0 Å². The average molecular weight is 269 g/mol. The molecule has 2 fully saturated rings. The Kier molecular flexibility index (Phi) is 3.49. The first kappa shape index (κ1) is 14.2. The number of nitrogens with zero attached hydrogens (tertiary/aromatic N) is 1. The van der Waals surface area contributed by atoms with Gasteiger partial charge in [0.15, 0.2) is 0 Å². The van der Waals surface area contributed by atoms with Crippen LogP contribution < -0.4 is 0 Å². The first-order valence-corrected chi connectivity index (χ1v) is 6.93. The van der Waals surface area contributed by atoms with E-state index in [1.807, 2.05) is 20.8 Å². The number of carbonyl (C=O) groups excluding carboxylic acids is 2. The second kappa shape index (κ2) is 4.69. The first-order valence-electron chi connectivity index (χ1n) is 6.93. The van der Waals surface area contributed by atoms with E-state index in [0.717, 1.165) is 12.8 Å². The first-order chi connectivity index (χ1) is 8.76. The van der Waals surface area contributed by atoms with Crippen LogP contribution >= 0.6 is 0 Å². The van der Waals surface area contributed by atoms with Crippen LogP contribution in [0, 0.1) is 5.41 Å². The van der Waals surface area contributed by atoms with Gasteiger partial charge >= 0.3 is 12.1 Å². The van der Waals surface area contributed by atoms with Gasteiger partial charge < -0.3 is 9.47 Å². The molecule has 0 unspecified atom stereocenters. The van der Waals surface area contributed by atoms with E-state index >= 15 is 0 Å². The zero-order valence-corrected chi connectivity index (χ0v) is 12.2. The van der Waals surface area contributed by atoms with E-state index < -0.39 is 17.7 Å². The molecule has 108 valence electrons. The molecule has 1 amide bonds. The zero-order chi connectivity index (χ0) is 14.3. The van der Waals surface area contributed by atoms with Crippen LogP contribution in [-0.2, 0) is 14.3 Å². The lowest BCUT2D eigenvalue weighted by Crippen LogP contribution is -2.44. The lowest BCUT2D eigenvalue weighted by Gasteiger charge is -2.27. The minimum atomic E-state index is -0.546. The van der Waals surface area contributed by atoms with Crippen molar-refractivity contribution in [2.75, 3.05) is 13.2 Å². The lowest BCUT2D eigenvalue weighted by atomic mass is 10.0. The fourth-order valence-corrected chi connectivity index (χ4v) is 2.56. The van der Waals surface area contributed by atoms with Gasteiger partial charge in [0.25, 0.3) is 0 Å². The summed E-state index contributed by atoms with van der Waals surface area (Å²) in [7, 11) is 0. The monoisotopic (exact) mass is 269 g/mol. The molecule has 19 heavy (non-hydrogen) atoms. The molecular formula is C14H23NO4. The maximum atomic E-state index is 12.2. The standard InChI is InChI=1S/C14H23NO4/c1-5-18-11(16)10-8-14(6-7-14)9-15(10)12(17)19-13(2,3)4/h10H,5-9H2,1-4H3/t10-/m1/s1. The van der Waals surface area contributed by atoms with Gasteiger partial charge in [-0.05, 0) is 52.4 Å². The molecule has 5 heteroatoms. The zero-order valence-electron chi connectivity index (χ0n) is 12.2. The van der Waals surface area contributed by atoms with Gasteiger partial charge in [-0.1, -0.05) is 0 Å². The van der Waals surface area contributed by atoms with Crippen molar-refractivity contribution in [1.82, 2.24) is 4.90 Å². The lowest BCUT2D eigenvalue weighted by molar-refractivity contribution is -0.148. The fraction of sp³-hybridized carbons (Fsp3) is 0.857. The van der Waals surface area contributed by atoms with E-state index in [-0.39, 0.29) is 11.4 Å². The van der Waals surface area contributed by atoms with Crippen molar-refractivity contribution >= 4 is 12.1 Å². The second-order valence-electron chi connectivity index (χ2n) is 6.58. The van der Waals surface area contributed by atoms with Gasteiger partial charge in [-0.15, -0.1) is 0 Å². The molecule has 1 atom stereocenters. The molecule has 1 aliphatic carbocycles. The minimum absolute atomic E-state index is 0.147. The normalized spacial score (nSPS) is 24.4. The number of likely N-dealkylation sites (tertiary alicyclic amines) is 1. The predicted molar refractivity (Wildman–Crippen MR) is 69.6 cm³/mol. The molecule has 1 aliphatic heterocycles. The Hall–Kier alpha value is -1.26. The Morgan fingerprint density at radius 1 is 1.32 bits per heavy atom. The highest BCUT2D eigenvalue weighted by atomic mass is 16.6. The fourth-order valence-electron chi connectivity index (χ4n) is 2.56. The summed E-state index contributed by atoms with van der Waals surface area (Å²) in [6.45, 7) is 8.21.